The molecule has 0 spiro atoms. The number of carbonyl (C=O) groups is 2. The van der Waals surface area contributed by atoms with Gasteiger partial charge in [-0.25, -0.2) is 0 Å². The lowest BCUT2D eigenvalue weighted by molar-refractivity contribution is -0.147. The van der Waals surface area contributed by atoms with Gasteiger partial charge in [-0.15, -0.1) is 0 Å². The Kier molecular flexibility index (Phi) is 8.79. The van der Waals surface area contributed by atoms with Gasteiger partial charge >= 0.3 is 5.97 Å². The van der Waals surface area contributed by atoms with Crippen molar-refractivity contribution in [3.05, 3.63) is 23.3 Å². The van der Waals surface area contributed by atoms with Crippen molar-refractivity contribution < 1.29 is 29.6 Å². The van der Waals surface area contributed by atoms with E-state index in [1.165, 1.54) is 0 Å². The van der Waals surface area contributed by atoms with Crippen LogP contribution in [0.25, 0.3) is 0 Å². The molecular formula is C22H34O6. The molecule has 0 aliphatic heterocycles. The molecule has 158 valence electrons. The van der Waals surface area contributed by atoms with E-state index < -0.39 is 17.0 Å². The van der Waals surface area contributed by atoms with Gasteiger partial charge in [0.1, 0.15) is 5.60 Å². The number of hydrogen-bond donors (Lipinski definition) is 3. The van der Waals surface area contributed by atoms with Crippen LogP contribution in [0.5, 0.6) is 11.5 Å². The summed E-state index contributed by atoms with van der Waals surface area (Å²) in [6.07, 6.45) is 5.63. The van der Waals surface area contributed by atoms with E-state index >= 15 is 0 Å². The average molecular weight is 395 g/mol. The lowest BCUT2D eigenvalue weighted by atomic mass is 9.87. The Bertz CT molecular complexity index is 663. The van der Waals surface area contributed by atoms with Crippen molar-refractivity contribution in [3.63, 3.8) is 0 Å². The van der Waals surface area contributed by atoms with Gasteiger partial charge in [0, 0.05) is 0 Å². The molecule has 0 radical (unpaired) electrons. The summed E-state index contributed by atoms with van der Waals surface area (Å²) in [7, 11) is 0. The van der Waals surface area contributed by atoms with Crippen LogP contribution in [-0.4, -0.2) is 33.4 Å². The minimum atomic E-state index is -0.807. The zero-order valence-corrected chi connectivity index (χ0v) is 17.5. The van der Waals surface area contributed by atoms with Crippen molar-refractivity contribution >= 4 is 12.4 Å². The first-order valence-electron chi connectivity index (χ1n) is 9.88. The number of aryl methyl sites for hydroxylation is 2. The molecule has 6 nitrogen and oxygen atoms in total. The van der Waals surface area contributed by atoms with Crippen molar-refractivity contribution in [2.45, 2.75) is 84.7 Å². The van der Waals surface area contributed by atoms with Crippen molar-refractivity contribution in [3.8, 4) is 11.5 Å². The molecule has 0 fully saturated rings. The molecule has 28 heavy (non-hydrogen) atoms. The Morgan fingerprint density at radius 1 is 0.929 bits per heavy atom. The van der Waals surface area contributed by atoms with Crippen LogP contribution >= 0.6 is 0 Å². The highest BCUT2D eigenvalue weighted by Gasteiger charge is 2.26. The molecule has 0 aliphatic carbocycles. The van der Waals surface area contributed by atoms with Crippen LogP contribution in [0, 0.1) is 5.41 Å². The summed E-state index contributed by atoms with van der Waals surface area (Å²) in [5.41, 5.74) is 0.127. The summed E-state index contributed by atoms with van der Waals surface area (Å²) >= 11 is 0. The largest absolute Gasteiger partial charge is 0.504 e. The standard InChI is InChI=1S/C22H34O6/c1-21(2,20(26)27)13-7-5-9-16-11-12-17(19(25)18(16)24)10-6-8-14-22(3,4)28-15-23/h11-12,15,24-25H,5-10,13-14H2,1-4H3,(H,26,27). The Hall–Kier alpha value is -2.24. The number of aliphatic carboxylic acids is 1. The van der Waals surface area contributed by atoms with E-state index in [1.807, 2.05) is 26.0 Å². The maximum Gasteiger partial charge on any atom is 0.309 e. The third-order valence-corrected chi connectivity index (χ3v) is 5.24. The fourth-order valence-electron chi connectivity index (χ4n) is 3.11. The number of carboxylic acids is 1. The number of carboxylic acid groups (broad SMARTS) is 1. The van der Waals surface area contributed by atoms with Crippen LogP contribution < -0.4 is 0 Å². The van der Waals surface area contributed by atoms with Crippen molar-refractivity contribution in [2.75, 3.05) is 0 Å². The van der Waals surface area contributed by atoms with E-state index in [0.29, 0.717) is 36.9 Å². The number of rotatable bonds is 13. The molecule has 0 unspecified atom stereocenters. The molecule has 1 aromatic carbocycles. The SMILES string of the molecule is CC(C)(CCCCc1ccc(CCCCC(C)(C)C(=O)O)c(O)c1O)OC=O. The molecule has 0 aliphatic rings. The number of ether oxygens (including phenoxy) is 1. The number of aromatic hydroxyl groups is 2. The molecule has 1 aromatic rings. The van der Waals surface area contributed by atoms with Gasteiger partial charge in [0.25, 0.3) is 6.47 Å². The van der Waals surface area contributed by atoms with E-state index in [1.54, 1.807) is 13.8 Å². The normalized spacial score (nSPS) is 12.0. The quantitative estimate of drug-likeness (QED) is 0.257. The van der Waals surface area contributed by atoms with Gasteiger partial charge in [-0.3, -0.25) is 9.59 Å². The van der Waals surface area contributed by atoms with Crippen LogP contribution in [0.15, 0.2) is 12.1 Å². The maximum atomic E-state index is 11.1. The van der Waals surface area contributed by atoms with Gasteiger partial charge in [-0.2, -0.15) is 0 Å². The van der Waals surface area contributed by atoms with E-state index in [0.717, 1.165) is 32.1 Å². The highest BCUT2D eigenvalue weighted by atomic mass is 16.5. The van der Waals surface area contributed by atoms with Gasteiger partial charge in [0.15, 0.2) is 11.5 Å². The van der Waals surface area contributed by atoms with Crippen LogP contribution in [0.3, 0.4) is 0 Å². The molecule has 3 N–H and O–H groups in total. The molecule has 6 heteroatoms. The summed E-state index contributed by atoms with van der Waals surface area (Å²) in [5.74, 6) is -0.968. The van der Waals surface area contributed by atoms with Gasteiger partial charge in [-0.05, 0) is 83.8 Å². The summed E-state index contributed by atoms with van der Waals surface area (Å²) in [6, 6.07) is 3.66. The molecule has 0 saturated heterocycles. The zero-order chi connectivity index (χ0) is 21.4. The fourth-order valence-corrected chi connectivity index (χ4v) is 3.11. The van der Waals surface area contributed by atoms with E-state index in [9.17, 15) is 19.8 Å². The molecule has 1 rings (SSSR count). The highest BCUT2D eigenvalue weighted by Crippen LogP contribution is 2.35. The Balaban J connectivity index is 2.51. The first kappa shape index (κ1) is 23.8. The smallest absolute Gasteiger partial charge is 0.309 e. The number of unbranched alkanes of at least 4 members (excludes halogenated alkanes) is 2. The summed E-state index contributed by atoms with van der Waals surface area (Å²) in [4.78, 5) is 21.6. The lowest BCUT2D eigenvalue weighted by Crippen LogP contribution is -2.23. The van der Waals surface area contributed by atoms with Gasteiger partial charge < -0.3 is 20.1 Å². The summed E-state index contributed by atoms with van der Waals surface area (Å²) in [5, 5.41) is 29.7. The Morgan fingerprint density at radius 3 is 1.82 bits per heavy atom. The second-order valence-electron chi connectivity index (χ2n) is 8.66. The van der Waals surface area contributed by atoms with Crippen molar-refractivity contribution in [1.82, 2.24) is 0 Å². The molecule has 0 atom stereocenters. The summed E-state index contributed by atoms with van der Waals surface area (Å²) in [6.45, 7) is 7.60. The third kappa shape index (κ3) is 7.41. The second-order valence-corrected chi connectivity index (χ2v) is 8.66. The zero-order valence-electron chi connectivity index (χ0n) is 17.5. The number of carbonyl (C=O) groups excluding carboxylic acids is 1. The average Bonchev–Trinajstić information content (AvgIpc) is 2.60. The van der Waals surface area contributed by atoms with Crippen LogP contribution in [0.1, 0.15) is 77.3 Å². The minimum Gasteiger partial charge on any atom is -0.504 e. The fraction of sp³-hybridized carbons (Fsp3) is 0.636. The van der Waals surface area contributed by atoms with Gasteiger partial charge in [0.2, 0.25) is 0 Å². The molecule has 0 amide bonds. The minimum absolute atomic E-state index is 0.0771. The molecule has 0 bridgehead atoms. The van der Waals surface area contributed by atoms with Gasteiger partial charge in [-0.1, -0.05) is 18.6 Å². The topological polar surface area (TPSA) is 104 Å². The van der Waals surface area contributed by atoms with Crippen LogP contribution in [0.2, 0.25) is 0 Å². The number of hydrogen-bond acceptors (Lipinski definition) is 5. The molecular weight excluding hydrogens is 360 g/mol. The Morgan fingerprint density at radius 2 is 1.39 bits per heavy atom. The lowest BCUT2D eigenvalue weighted by Gasteiger charge is -2.22. The first-order valence-corrected chi connectivity index (χ1v) is 9.88. The maximum absolute atomic E-state index is 11.1. The highest BCUT2D eigenvalue weighted by molar-refractivity contribution is 5.73. The number of phenolic OH excluding ortho intramolecular Hbond substituents is 2. The first-order chi connectivity index (χ1) is 13.0. The van der Waals surface area contributed by atoms with E-state index in [2.05, 4.69) is 0 Å². The van der Waals surface area contributed by atoms with E-state index in [4.69, 9.17) is 9.84 Å². The van der Waals surface area contributed by atoms with Crippen LogP contribution in [-0.2, 0) is 27.2 Å². The molecule has 0 heterocycles. The summed E-state index contributed by atoms with van der Waals surface area (Å²) < 4.78 is 5.02. The van der Waals surface area contributed by atoms with Crippen molar-refractivity contribution in [2.24, 2.45) is 5.41 Å². The van der Waals surface area contributed by atoms with Gasteiger partial charge in [0.05, 0.1) is 5.41 Å². The second kappa shape index (κ2) is 10.3. The van der Waals surface area contributed by atoms with Crippen molar-refractivity contribution in [1.29, 1.82) is 0 Å². The van der Waals surface area contributed by atoms with Crippen LogP contribution in [0.4, 0.5) is 0 Å². The third-order valence-electron chi connectivity index (χ3n) is 5.24. The monoisotopic (exact) mass is 394 g/mol. The Labute approximate surface area is 167 Å². The predicted octanol–water partition coefficient (Wildman–Crippen LogP) is 4.59. The van der Waals surface area contributed by atoms with E-state index in [-0.39, 0.29) is 11.5 Å². The predicted molar refractivity (Wildman–Crippen MR) is 108 cm³/mol. The molecule has 0 saturated carbocycles. The number of phenols is 2. The molecule has 0 aromatic heterocycles. The number of benzene rings is 1.